The van der Waals surface area contributed by atoms with Gasteiger partial charge < -0.3 is 9.88 Å². The molecule has 2 aromatic heterocycles. The molecule has 8 heteroatoms. The summed E-state index contributed by atoms with van der Waals surface area (Å²) in [6, 6.07) is 15.1. The first-order valence-corrected chi connectivity index (χ1v) is 9.25. The zero-order chi connectivity index (χ0) is 18.1. The maximum atomic E-state index is 12.1. The van der Waals surface area contributed by atoms with E-state index in [1.165, 1.54) is 11.8 Å². The third-order valence-corrected chi connectivity index (χ3v) is 5.13. The van der Waals surface area contributed by atoms with Gasteiger partial charge in [-0.1, -0.05) is 53.7 Å². The van der Waals surface area contributed by atoms with Gasteiger partial charge in [0, 0.05) is 12.4 Å². The zero-order valence-electron chi connectivity index (χ0n) is 13.8. The van der Waals surface area contributed by atoms with Crippen LogP contribution in [0.15, 0.2) is 53.7 Å². The van der Waals surface area contributed by atoms with Gasteiger partial charge >= 0.3 is 0 Å². The number of hydrogen-bond acceptors (Lipinski definition) is 5. The number of thioether (sulfide) groups is 1. The van der Waals surface area contributed by atoms with Crippen LogP contribution in [0.4, 0.5) is 5.69 Å². The minimum Gasteiger partial charge on any atom is -0.327 e. The average Bonchev–Trinajstić information content (AvgIpc) is 2.94. The predicted molar refractivity (Wildman–Crippen MR) is 105 cm³/mol. The molecule has 2 heterocycles. The molecule has 1 N–H and O–H groups in total. The number of para-hydroxylation sites is 2. The minimum atomic E-state index is -0.177. The summed E-state index contributed by atoms with van der Waals surface area (Å²) in [5, 5.41) is 13.2. The number of carbonyl (C=O) groups excluding carboxylic acids is 1. The van der Waals surface area contributed by atoms with Crippen LogP contribution in [0.1, 0.15) is 0 Å². The Hall–Kier alpha value is -2.64. The average molecular weight is 384 g/mol. The van der Waals surface area contributed by atoms with Crippen LogP contribution in [0.25, 0.3) is 22.1 Å². The Bertz CT molecular complexity index is 1130. The second-order valence-corrected chi connectivity index (χ2v) is 7.01. The van der Waals surface area contributed by atoms with Crippen LogP contribution in [0.2, 0.25) is 5.02 Å². The quantitative estimate of drug-likeness (QED) is 0.541. The van der Waals surface area contributed by atoms with Gasteiger partial charge in [-0.25, -0.2) is 4.98 Å². The van der Waals surface area contributed by atoms with Crippen molar-refractivity contribution in [2.75, 3.05) is 11.1 Å². The normalized spacial score (nSPS) is 11.2. The number of hydrogen-bond donors (Lipinski definition) is 1. The summed E-state index contributed by atoms with van der Waals surface area (Å²) < 4.78 is 1.98. The molecule has 0 atom stereocenters. The zero-order valence-corrected chi connectivity index (χ0v) is 15.4. The van der Waals surface area contributed by atoms with Gasteiger partial charge in [0.2, 0.25) is 11.1 Å². The molecule has 0 radical (unpaired) electrons. The van der Waals surface area contributed by atoms with E-state index in [1.807, 2.05) is 48.0 Å². The third kappa shape index (κ3) is 3.11. The molecule has 0 aliphatic carbocycles. The fraction of sp³-hybridized carbons (Fsp3) is 0.111. The summed E-state index contributed by atoms with van der Waals surface area (Å²) in [6.45, 7) is 0. The Morgan fingerprint density at radius 1 is 1.15 bits per heavy atom. The molecule has 26 heavy (non-hydrogen) atoms. The second kappa shape index (κ2) is 6.93. The summed E-state index contributed by atoms with van der Waals surface area (Å²) in [4.78, 5) is 16.7. The van der Waals surface area contributed by atoms with Crippen molar-refractivity contribution in [2.24, 2.45) is 7.05 Å². The van der Waals surface area contributed by atoms with Gasteiger partial charge in [0.25, 0.3) is 0 Å². The van der Waals surface area contributed by atoms with Gasteiger partial charge in [-0.05, 0) is 18.2 Å². The van der Waals surface area contributed by atoms with Crippen LogP contribution in [0.5, 0.6) is 0 Å². The molecule has 130 valence electrons. The molecule has 0 aliphatic heterocycles. The van der Waals surface area contributed by atoms with E-state index in [4.69, 9.17) is 11.6 Å². The molecular weight excluding hydrogens is 370 g/mol. The fourth-order valence-electron chi connectivity index (χ4n) is 2.73. The number of benzene rings is 2. The van der Waals surface area contributed by atoms with Crippen molar-refractivity contribution in [3.05, 3.63) is 53.6 Å². The standard InChI is InChI=1S/C18H14ClN5OS/c1-24-14-9-5-2-6-11(14)16-17(24)21-18(23-22-16)26-10-15(25)20-13-8-4-3-7-12(13)19/h2-9H,10H2,1H3,(H,20,25). The van der Waals surface area contributed by atoms with Crippen molar-refractivity contribution in [1.29, 1.82) is 0 Å². The Kier molecular flexibility index (Phi) is 4.48. The number of carbonyl (C=O) groups is 1. The first-order chi connectivity index (χ1) is 12.6. The number of halogens is 1. The Balaban J connectivity index is 1.52. The van der Waals surface area contributed by atoms with Crippen molar-refractivity contribution in [3.8, 4) is 0 Å². The number of aromatic nitrogens is 4. The Labute approximate surface area is 158 Å². The minimum absolute atomic E-state index is 0.169. The van der Waals surface area contributed by atoms with Crippen LogP contribution in [-0.2, 0) is 11.8 Å². The number of nitrogens with one attached hydrogen (secondary N) is 1. The number of aryl methyl sites for hydroxylation is 1. The van der Waals surface area contributed by atoms with E-state index in [9.17, 15) is 4.79 Å². The van der Waals surface area contributed by atoms with Gasteiger partial charge in [-0.2, -0.15) is 0 Å². The summed E-state index contributed by atoms with van der Waals surface area (Å²) >= 11 is 7.28. The molecule has 4 rings (SSSR count). The van der Waals surface area contributed by atoms with Crippen molar-refractivity contribution in [2.45, 2.75) is 5.16 Å². The monoisotopic (exact) mass is 383 g/mol. The van der Waals surface area contributed by atoms with Crippen LogP contribution < -0.4 is 5.32 Å². The summed E-state index contributed by atoms with van der Waals surface area (Å²) in [7, 11) is 1.94. The lowest BCUT2D eigenvalue weighted by Crippen LogP contribution is -2.14. The summed E-state index contributed by atoms with van der Waals surface area (Å²) in [6.07, 6.45) is 0. The van der Waals surface area contributed by atoms with E-state index < -0.39 is 0 Å². The molecular formula is C18H14ClN5OS. The Morgan fingerprint density at radius 3 is 2.77 bits per heavy atom. The molecule has 6 nitrogen and oxygen atoms in total. The number of rotatable bonds is 4. The molecule has 1 amide bonds. The van der Waals surface area contributed by atoms with Gasteiger partial charge in [0.15, 0.2) is 5.65 Å². The predicted octanol–water partition coefficient (Wildman–Crippen LogP) is 3.90. The Morgan fingerprint density at radius 2 is 1.92 bits per heavy atom. The van der Waals surface area contributed by atoms with Crippen LogP contribution >= 0.6 is 23.4 Å². The molecule has 4 aromatic rings. The van der Waals surface area contributed by atoms with E-state index in [-0.39, 0.29) is 11.7 Å². The molecule has 0 unspecified atom stereocenters. The fourth-order valence-corrected chi connectivity index (χ4v) is 3.50. The lowest BCUT2D eigenvalue weighted by Gasteiger charge is -2.06. The first-order valence-electron chi connectivity index (χ1n) is 7.88. The van der Waals surface area contributed by atoms with Crippen molar-refractivity contribution in [1.82, 2.24) is 19.7 Å². The van der Waals surface area contributed by atoms with Crippen molar-refractivity contribution >= 4 is 57.0 Å². The number of nitrogens with zero attached hydrogens (tertiary/aromatic N) is 4. The highest BCUT2D eigenvalue weighted by Crippen LogP contribution is 2.26. The largest absolute Gasteiger partial charge is 0.327 e. The van der Waals surface area contributed by atoms with E-state index in [0.717, 1.165) is 22.1 Å². The van der Waals surface area contributed by atoms with Crippen molar-refractivity contribution in [3.63, 3.8) is 0 Å². The second-order valence-electron chi connectivity index (χ2n) is 5.66. The third-order valence-electron chi connectivity index (χ3n) is 3.97. The molecule has 0 saturated heterocycles. The smallest absolute Gasteiger partial charge is 0.234 e. The number of amides is 1. The summed E-state index contributed by atoms with van der Waals surface area (Å²) in [5.41, 5.74) is 3.13. The SMILES string of the molecule is Cn1c2ccccc2c2nnc(SCC(=O)Nc3ccccc3Cl)nc21. The van der Waals surface area contributed by atoms with Crippen LogP contribution in [0.3, 0.4) is 0 Å². The lowest BCUT2D eigenvalue weighted by molar-refractivity contribution is -0.113. The molecule has 0 saturated carbocycles. The maximum absolute atomic E-state index is 12.1. The van der Waals surface area contributed by atoms with Gasteiger partial charge in [0.05, 0.1) is 22.0 Å². The molecule has 0 spiro atoms. The highest BCUT2D eigenvalue weighted by atomic mass is 35.5. The van der Waals surface area contributed by atoms with Crippen LogP contribution in [-0.4, -0.2) is 31.4 Å². The van der Waals surface area contributed by atoms with E-state index >= 15 is 0 Å². The van der Waals surface area contributed by atoms with E-state index in [1.54, 1.807) is 12.1 Å². The van der Waals surface area contributed by atoms with Gasteiger partial charge in [-0.15, -0.1) is 10.2 Å². The van der Waals surface area contributed by atoms with E-state index in [0.29, 0.717) is 15.9 Å². The molecule has 0 bridgehead atoms. The molecule has 0 fully saturated rings. The van der Waals surface area contributed by atoms with Crippen molar-refractivity contribution < 1.29 is 4.79 Å². The maximum Gasteiger partial charge on any atom is 0.234 e. The highest BCUT2D eigenvalue weighted by molar-refractivity contribution is 7.99. The van der Waals surface area contributed by atoms with Gasteiger partial charge in [0.1, 0.15) is 5.52 Å². The first kappa shape index (κ1) is 16.8. The van der Waals surface area contributed by atoms with Gasteiger partial charge in [-0.3, -0.25) is 4.79 Å². The van der Waals surface area contributed by atoms with E-state index in [2.05, 4.69) is 20.5 Å². The molecule has 2 aromatic carbocycles. The summed E-state index contributed by atoms with van der Waals surface area (Å²) in [5.74, 6) is -0.00800. The van der Waals surface area contributed by atoms with Crippen LogP contribution in [0, 0.1) is 0 Å². The topological polar surface area (TPSA) is 72.7 Å². The number of anilines is 1. The lowest BCUT2D eigenvalue weighted by atomic mass is 10.2. The number of fused-ring (bicyclic) bond motifs is 3. The highest BCUT2D eigenvalue weighted by Gasteiger charge is 2.13. The molecule has 0 aliphatic rings.